The van der Waals surface area contributed by atoms with Crippen LogP contribution in [0.15, 0.2) is 83.8 Å². The van der Waals surface area contributed by atoms with Gasteiger partial charge in [-0.15, -0.1) is 23.1 Å². The lowest BCUT2D eigenvalue weighted by molar-refractivity contribution is -0.137. The van der Waals surface area contributed by atoms with Crippen molar-refractivity contribution in [1.82, 2.24) is 4.98 Å². The molecular weight excluding hydrogens is 488 g/mol. The summed E-state index contributed by atoms with van der Waals surface area (Å²) >= 11 is 3.01. The maximum atomic E-state index is 13.3. The number of hydrogen-bond donors (Lipinski definition) is 2. The average Bonchev–Trinajstić information content (AvgIpc) is 3.30. The monoisotopic (exact) mass is 516 g/mol. The van der Waals surface area contributed by atoms with Crippen LogP contribution in [0.4, 0.5) is 5.69 Å². The average molecular weight is 517 g/mol. The zero-order valence-electron chi connectivity index (χ0n) is 20.4. The summed E-state index contributed by atoms with van der Waals surface area (Å²) in [5, 5.41) is 12.9. The molecule has 0 spiro atoms. The van der Waals surface area contributed by atoms with E-state index in [1.807, 2.05) is 92.7 Å². The highest BCUT2D eigenvalue weighted by Gasteiger charge is 2.24. The lowest BCUT2D eigenvalue weighted by Gasteiger charge is -2.21. The molecule has 0 atom stereocenters. The van der Waals surface area contributed by atoms with Crippen molar-refractivity contribution in [3.8, 4) is 21.0 Å². The molecule has 1 heterocycles. The van der Waals surface area contributed by atoms with E-state index in [0.717, 1.165) is 38.0 Å². The molecule has 0 aliphatic carbocycles. The Morgan fingerprint density at radius 3 is 2.22 bits per heavy atom. The highest BCUT2D eigenvalue weighted by molar-refractivity contribution is 8.00. The summed E-state index contributed by atoms with van der Waals surface area (Å²) in [5.74, 6) is -1.06. The van der Waals surface area contributed by atoms with Crippen molar-refractivity contribution in [1.29, 1.82) is 0 Å². The first-order chi connectivity index (χ1) is 17.2. The van der Waals surface area contributed by atoms with Gasteiger partial charge in [-0.2, -0.15) is 0 Å². The summed E-state index contributed by atoms with van der Waals surface area (Å²) in [6.45, 7) is 5.94. The van der Waals surface area contributed by atoms with Crippen molar-refractivity contribution < 1.29 is 14.7 Å². The molecule has 0 aliphatic heterocycles. The summed E-state index contributed by atoms with van der Waals surface area (Å²) in [7, 11) is 0. The van der Waals surface area contributed by atoms with E-state index in [1.54, 1.807) is 0 Å². The Morgan fingerprint density at radius 2 is 1.61 bits per heavy atom. The number of rotatable bonds is 9. The first-order valence-electron chi connectivity index (χ1n) is 11.7. The van der Waals surface area contributed by atoms with Crippen LogP contribution in [-0.2, 0) is 11.2 Å². The Labute approximate surface area is 219 Å². The van der Waals surface area contributed by atoms with Crippen LogP contribution in [0.25, 0.3) is 21.0 Å². The first-order valence-corrected chi connectivity index (χ1v) is 13.3. The minimum absolute atomic E-state index is 0.0754. The number of amides is 1. The zero-order valence-corrected chi connectivity index (χ0v) is 22.1. The number of benzene rings is 3. The maximum Gasteiger partial charge on any atom is 0.304 e. The zero-order chi connectivity index (χ0) is 25.7. The first kappa shape index (κ1) is 25.7. The Bertz CT molecular complexity index is 1350. The van der Waals surface area contributed by atoms with Crippen LogP contribution in [0.2, 0.25) is 0 Å². The molecule has 0 saturated heterocycles. The molecule has 1 amide bonds. The molecule has 7 heteroatoms. The van der Waals surface area contributed by atoms with Gasteiger partial charge in [0, 0.05) is 20.9 Å². The third kappa shape index (κ3) is 6.42. The minimum Gasteiger partial charge on any atom is -0.481 e. The van der Waals surface area contributed by atoms with Crippen molar-refractivity contribution in [2.45, 2.75) is 43.3 Å². The number of anilines is 1. The molecule has 36 heavy (non-hydrogen) atoms. The number of nitrogens with zero attached hydrogens (tertiary/aromatic N) is 1. The van der Waals surface area contributed by atoms with Gasteiger partial charge in [-0.25, -0.2) is 4.98 Å². The highest BCUT2D eigenvalue weighted by atomic mass is 32.2. The molecule has 1 aromatic heterocycles. The van der Waals surface area contributed by atoms with Crippen molar-refractivity contribution in [3.63, 3.8) is 0 Å². The maximum absolute atomic E-state index is 13.3. The van der Waals surface area contributed by atoms with E-state index < -0.39 is 10.7 Å². The van der Waals surface area contributed by atoms with Gasteiger partial charge in [0.25, 0.3) is 5.91 Å². The number of aromatic nitrogens is 1. The summed E-state index contributed by atoms with van der Waals surface area (Å²) < 4.78 is -0.421. The van der Waals surface area contributed by atoms with Crippen LogP contribution < -0.4 is 5.32 Å². The van der Waals surface area contributed by atoms with Gasteiger partial charge in [-0.1, -0.05) is 61.5 Å². The van der Waals surface area contributed by atoms with Crippen LogP contribution in [0.1, 0.15) is 43.2 Å². The Balaban J connectivity index is 1.62. The smallest absolute Gasteiger partial charge is 0.304 e. The number of hydrogen-bond acceptors (Lipinski definition) is 5. The van der Waals surface area contributed by atoms with Crippen molar-refractivity contribution in [2.24, 2.45) is 0 Å². The fourth-order valence-corrected chi connectivity index (χ4v) is 5.96. The van der Waals surface area contributed by atoms with E-state index in [4.69, 9.17) is 10.1 Å². The van der Waals surface area contributed by atoms with Crippen LogP contribution in [-0.4, -0.2) is 26.7 Å². The lowest BCUT2D eigenvalue weighted by atomic mass is 10.1. The number of thiazole rings is 1. The summed E-state index contributed by atoms with van der Waals surface area (Å²) in [6.07, 6.45) is 1.02. The SMILES string of the molecule is CCc1ccc(NC(=O)c2nc(-c3ccc(SC(C)(C)CC(=O)O)cc3)sc2-c2ccccc2)cc1. The van der Waals surface area contributed by atoms with E-state index in [1.165, 1.54) is 28.7 Å². The summed E-state index contributed by atoms with van der Waals surface area (Å²) in [6, 6.07) is 25.5. The largest absolute Gasteiger partial charge is 0.481 e. The molecule has 0 fully saturated rings. The quantitative estimate of drug-likeness (QED) is 0.224. The molecule has 0 radical (unpaired) electrons. The van der Waals surface area contributed by atoms with Crippen molar-refractivity contribution in [2.75, 3.05) is 5.32 Å². The molecular formula is C29H28N2O3S2. The summed E-state index contributed by atoms with van der Waals surface area (Å²) in [4.78, 5) is 31.0. The van der Waals surface area contributed by atoms with Crippen molar-refractivity contribution in [3.05, 3.63) is 90.1 Å². The second kappa shape index (κ2) is 11.1. The number of carboxylic acids is 1. The number of nitrogens with one attached hydrogen (secondary N) is 1. The third-order valence-electron chi connectivity index (χ3n) is 5.57. The van der Waals surface area contributed by atoms with Crippen LogP contribution in [0, 0.1) is 0 Å². The number of thioether (sulfide) groups is 1. The van der Waals surface area contributed by atoms with Gasteiger partial charge >= 0.3 is 5.97 Å². The van der Waals surface area contributed by atoms with Gasteiger partial charge in [0.1, 0.15) is 10.7 Å². The summed E-state index contributed by atoms with van der Waals surface area (Å²) in [5.41, 5.74) is 4.18. The highest BCUT2D eigenvalue weighted by Crippen LogP contribution is 2.39. The van der Waals surface area contributed by atoms with Crippen LogP contribution >= 0.6 is 23.1 Å². The molecule has 3 aromatic carbocycles. The number of aliphatic carboxylic acids is 1. The van der Waals surface area contributed by atoms with E-state index in [0.29, 0.717) is 5.69 Å². The molecule has 2 N–H and O–H groups in total. The van der Waals surface area contributed by atoms with Gasteiger partial charge in [0.2, 0.25) is 0 Å². The molecule has 4 rings (SSSR count). The lowest BCUT2D eigenvalue weighted by Crippen LogP contribution is -2.19. The molecule has 0 saturated carbocycles. The fraction of sp³-hybridized carbons (Fsp3) is 0.207. The number of carboxylic acid groups (broad SMARTS) is 1. The normalized spacial score (nSPS) is 11.3. The van der Waals surface area contributed by atoms with E-state index in [-0.39, 0.29) is 12.3 Å². The van der Waals surface area contributed by atoms with Crippen molar-refractivity contribution >= 4 is 40.7 Å². The number of carbonyl (C=O) groups is 2. The Hall–Kier alpha value is -3.42. The molecule has 0 unspecified atom stereocenters. The molecule has 0 bridgehead atoms. The second-order valence-electron chi connectivity index (χ2n) is 9.02. The van der Waals surface area contributed by atoms with E-state index in [9.17, 15) is 9.59 Å². The number of aryl methyl sites for hydroxylation is 1. The molecule has 5 nitrogen and oxygen atoms in total. The van der Waals surface area contributed by atoms with Crippen LogP contribution in [0.5, 0.6) is 0 Å². The minimum atomic E-state index is -0.813. The van der Waals surface area contributed by atoms with Gasteiger partial charge in [0.05, 0.1) is 11.3 Å². The topological polar surface area (TPSA) is 79.3 Å². The molecule has 0 aliphatic rings. The predicted molar refractivity (Wildman–Crippen MR) is 149 cm³/mol. The van der Waals surface area contributed by atoms with Gasteiger partial charge in [0.15, 0.2) is 0 Å². The van der Waals surface area contributed by atoms with Gasteiger partial charge in [-0.05, 0) is 55.7 Å². The Morgan fingerprint density at radius 1 is 0.944 bits per heavy atom. The third-order valence-corrected chi connectivity index (χ3v) is 7.93. The van der Waals surface area contributed by atoms with Crippen LogP contribution in [0.3, 0.4) is 0 Å². The van der Waals surface area contributed by atoms with E-state index >= 15 is 0 Å². The predicted octanol–water partition coefficient (Wildman–Crippen LogP) is 7.64. The van der Waals surface area contributed by atoms with E-state index in [2.05, 4.69) is 12.2 Å². The fourth-order valence-electron chi connectivity index (χ4n) is 3.78. The van der Waals surface area contributed by atoms with Gasteiger partial charge < -0.3 is 10.4 Å². The molecule has 184 valence electrons. The second-order valence-corrected chi connectivity index (χ2v) is 11.8. The van der Waals surface area contributed by atoms with Gasteiger partial charge in [-0.3, -0.25) is 9.59 Å². The standard InChI is InChI=1S/C29H28N2O3S2/c1-4-19-10-14-22(15-11-19)30-27(34)25-26(20-8-6-5-7-9-20)35-28(31-25)21-12-16-23(17-13-21)36-29(2,3)18-24(32)33/h5-17H,4,18H2,1-3H3,(H,30,34)(H,32,33). The molecule has 4 aromatic rings. The number of carbonyl (C=O) groups excluding carboxylic acids is 1. The Kier molecular flexibility index (Phi) is 7.91.